The second-order valence-corrected chi connectivity index (χ2v) is 20.1. The van der Waals surface area contributed by atoms with Gasteiger partial charge in [-0.05, 0) is 44.9 Å². The van der Waals surface area contributed by atoms with Crippen LogP contribution in [0.4, 0.5) is 0 Å². The highest BCUT2D eigenvalue weighted by Crippen LogP contribution is 2.23. The van der Waals surface area contributed by atoms with Crippen LogP contribution < -0.4 is 0 Å². The molecule has 4 N–H and O–H groups in total. The Morgan fingerprint density at radius 3 is 1.20 bits per heavy atom. The van der Waals surface area contributed by atoms with Crippen molar-refractivity contribution in [1.82, 2.24) is 0 Å². The van der Waals surface area contributed by atoms with Crippen LogP contribution >= 0.6 is 0 Å². The minimum Gasteiger partial charge on any atom is -0.479 e. The lowest BCUT2D eigenvalue weighted by atomic mass is 9.99. The van der Waals surface area contributed by atoms with Crippen LogP contribution in [-0.4, -0.2) is 88.4 Å². The van der Waals surface area contributed by atoms with E-state index in [-0.39, 0.29) is 26.1 Å². The highest BCUT2D eigenvalue weighted by Gasteiger charge is 2.47. The summed E-state index contributed by atoms with van der Waals surface area (Å²) >= 11 is 0. The Bertz CT molecular complexity index is 1240. The van der Waals surface area contributed by atoms with Crippen LogP contribution in [0.2, 0.25) is 0 Å². The summed E-state index contributed by atoms with van der Waals surface area (Å²) in [4.78, 5) is 37.1. The van der Waals surface area contributed by atoms with Crippen molar-refractivity contribution in [2.45, 2.75) is 314 Å². The lowest BCUT2D eigenvalue weighted by Crippen LogP contribution is -2.60. The Morgan fingerprint density at radius 2 is 0.812 bits per heavy atom. The molecule has 0 aromatic heterocycles. The second-order valence-electron chi connectivity index (χ2n) is 20.1. The molecular weight excluding hydrogens is 873 g/mol. The standard InChI is InChI=1S/C58H106O11/c1-3-5-7-9-11-13-15-17-19-21-23-25-26-27-29-30-32-34-36-38-40-42-44-46-51(59)66-48-50(49-67-58-55(63)53(61)54(62)56(69-58)57(64)65)68-52(60)47-45-43-41-39-37-35-33-31-28-24-22-20-18-16-14-12-10-8-6-4-2/h15,17,21,23,50,53-56,58,61-63H,3-14,16,18-20,22,24-49H2,1-2H3,(H,64,65)/b17-15-,23-21-. The number of carboxylic acids is 1. The third kappa shape index (κ3) is 39.0. The van der Waals surface area contributed by atoms with Gasteiger partial charge in [0.15, 0.2) is 18.5 Å². The largest absolute Gasteiger partial charge is 0.479 e. The predicted molar refractivity (Wildman–Crippen MR) is 280 cm³/mol. The molecule has 1 fully saturated rings. The first-order chi connectivity index (χ1) is 33.7. The maximum Gasteiger partial charge on any atom is 0.335 e. The topological polar surface area (TPSA) is 169 Å². The highest BCUT2D eigenvalue weighted by atomic mass is 16.7. The van der Waals surface area contributed by atoms with E-state index in [0.29, 0.717) is 12.8 Å². The summed E-state index contributed by atoms with van der Waals surface area (Å²) in [5.74, 6) is -2.42. The minimum atomic E-state index is -1.86. The molecule has 404 valence electrons. The number of carbonyl (C=O) groups is 3. The number of aliphatic hydroxyl groups is 3. The number of rotatable bonds is 50. The molecule has 1 aliphatic rings. The SMILES string of the molecule is CCCCCCC/C=C\C/C=C\CCCCCCCCCCCCCC(=O)OCC(COC1OC(C(=O)O)C(O)C(O)C1O)OC(=O)CCCCCCCCCCCCCCCCCCCCCC. The van der Waals surface area contributed by atoms with Crippen LogP contribution in [0.1, 0.15) is 277 Å². The molecule has 0 radical (unpaired) electrons. The van der Waals surface area contributed by atoms with Crippen LogP contribution in [0.3, 0.4) is 0 Å². The van der Waals surface area contributed by atoms with E-state index in [1.54, 1.807) is 0 Å². The molecule has 69 heavy (non-hydrogen) atoms. The number of hydrogen-bond acceptors (Lipinski definition) is 10. The normalized spacial score (nSPS) is 18.9. The predicted octanol–water partition coefficient (Wildman–Crippen LogP) is 14.5. The van der Waals surface area contributed by atoms with Gasteiger partial charge < -0.3 is 39.4 Å². The number of carbonyl (C=O) groups excluding carboxylic acids is 2. The van der Waals surface area contributed by atoms with Crippen molar-refractivity contribution in [3.63, 3.8) is 0 Å². The Morgan fingerprint density at radius 1 is 0.449 bits per heavy atom. The molecule has 0 aromatic rings. The van der Waals surface area contributed by atoms with Crippen molar-refractivity contribution in [2.24, 2.45) is 0 Å². The van der Waals surface area contributed by atoms with Crippen LogP contribution in [0.25, 0.3) is 0 Å². The Balaban J connectivity index is 2.23. The summed E-state index contributed by atoms with van der Waals surface area (Å²) in [5, 5.41) is 40.0. The van der Waals surface area contributed by atoms with Gasteiger partial charge >= 0.3 is 17.9 Å². The zero-order valence-corrected chi connectivity index (χ0v) is 44.3. The van der Waals surface area contributed by atoms with E-state index in [4.69, 9.17) is 18.9 Å². The second kappa shape index (κ2) is 48.0. The maximum atomic E-state index is 12.9. The average Bonchev–Trinajstić information content (AvgIpc) is 3.34. The molecule has 0 aliphatic carbocycles. The van der Waals surface area contributed by atoms with Gasteiger partial charge in [0.05, 0.1) is 6.61 Å². The first kappa shape index (κ1) is 64.7. The molecule has 1 saturated heterocycles. The number of allylic oxidation sites excluding steroid dienone is 4. The summed E-state index contributed by atoms with van der Waals surface area (Å²) in [7, 11) is 0. The zero-order chi connectivity index (χ0) is 50.3. The third-order valence-corrected chi connectivity index (χ3v) is 13.6. The van der Waals surface area contributed by atoms with E-state index in [2.05, 4.69) is 38.2 Å². The van der Waals surface area contributed by atoms with Gasteiger partial charge in [0, 0.05) is 12.8 Å². The summed E-state index contributed by atoms with van der Waals surface area (Å²) in [6.45, 7) is 3.86. The monoisotopic (exact) mass is 979 g/mol. The number of carboxylic acid groups (broad SMARTS) is 1. The molecule has 1 heterocycles. The fourth-order valence-electron chi connectivity index (χ4n) is 9.03. The highest BCUT2D eigenvalue weighted by molar-refractivity contribution is 5.73. The number of aliphatic hydroxyl groups excluding tert-OH is 3. The van der Waals surface area contributed by atoms with Gasteiger partial charge in [-0.1, -0.05) is 244 Å². The van der Waals surface area contributed by atoms with Crippen molar-refractivity contribution in [3.05, 3.63) is 24.3 Å². The molecule has 0 spiro atoms. The van der Waals surface area contributed by atoms with Gasteiger partial charge in [-0.25, -0.2) is 4.79 Å². The number of ether oxygens (including phenoxy) is 4. The van der Waals surface area contributed by atoms with E-state index in [0.717, 1.165) is 44.9 Å². The fourth-order valence-corrected chi connectivity index (χ4v) is 9.03. The van der Waals surface area contributed by atoms with Crippen LogP contribution in [-0.2, 0) is 33.3 Å². The van der Waals surface area contributed by atoms with Crippen LogP contribution in [0.5, 0.6) is 0 Å². The van der Waals surface area contributed by atoms with Gasteiger partial charge in [-0.3, -0.25) is 9.59 Å². The van der Waals surface area contributed by atoms with E-state index >= 15 is 0 Å². The van der Waals surface area contributed by atoms with Crippen molar-refractivity contribution in [1.29, 1.82) is 0 Å². The van der Waals surface area contributed by atoms with Crippen molar-refractivity contribution in [2.75, 3.05) is 13.2 Å². The van der Waals surface area contributed by atoms with Gasteiger partial charge in [0.2, 0.25) is 0 Å². The van der Waals surface area contributed by atoms with E-state index in [1.165, 1.54) is 193 Å². The fraction of sp³-hybridized carbons (Fsp3) is 0.879. The quantitative estimate of drug-likeness (QED) is 0.0260. The van der Waals surface area contributed by atoms with E-state index in [9.17, 15) is 34.8 Å². The summed E-state index contributed by atoms with van der Waals surface area (Å²) < 4.78 is 21.9. The minimum absolute atomic E-state index is 0.188. The lowest BCUT2D eigenvalue weighted by Gasteiger charge is -2.38. The smallest absolute Gasteiger partial charge is 0.335 e. The van der Waals surface area contributed by atoms with E-state index in [1.807, 2.05) is 0 Å². The number of aliphatic carboxylic acids is 1. The molecule has 6 unspecified atom stereocenters. The van der Waals surface area contributed by atoms with Crippen molar-refractivity contribution in [3.8, 4) is 0 Å². The van der Waals surface area contributed by atoms with Gasteiger partial charge in [-0.2, -0.15) is 0 Å². The summed E-state index contributed by atoms with van der Waals surface area (Å²) in [5.41, 5.74) is 0. The molecular formula is C58H106O11. The zero-order valence-electron chi connectivity index (χ0n) is 44.3. The first-order valence-corrected chi connectivity index (χ1v) is 28.9. The first-order valence-electron chi connectivity index (χ1n) is 28.9. The van der Waals surface area contributed by atoms with Gasteiger partial charge in [-0.15, -0.1) is 0 Å². The average molecular weight is 979 g/mol. The molecule has 11 heteroatoms. The molecule has 0 aromatic carbocycles. The van der Waals surface area contributed by atoms with Crippen molar-refractivity contribution >= 4 is 17.9 Å². The summed E-state index contributed by atoms with van der Waals surface area (Å²) in [6.07, 6.45) is 48.0. The molecule has 1 rings (SSSR count). The van der Waals surface area contributed by atoms with Crippen LogP contribution in [0.15, 0.2) is 24.3 Å². The van der Waals surface area contributed by atoms with Gasteiger partial charge in [0.25, 0.3) is 0 Å². The molecule has 0 saturated carbocycles. The van der Waals surface area contributed by atoms with Crippen LogP contribution in [0, 0.1) is 0 Å². The number of esters is 2. The summed E-state index contributed by atoms with van der Waals surface area (Å²) in [6, 6.07) is 0. The molecule has 0 bridgehead atoms. The van der Waals surface area contributed by atoms with Gasteiger partial charge in [0.1, 0.15) is 24.9 Å². The Kier molecular flexibility index (Phi) is 45.0. The molecule has 0 amide bonds. The lowest BCUT2D eigenvalue weighted by molar-refractivity contribution is -0.298. The third-order valence-electron chi connectivity index (χ3n) is 13.6. The molecule has 11 nitrogen and oxygen atoms in total. The van der Waals surface area contributed by atoms with Crippen molar-refractivity contribution < 1.29 is 53.8 Å². The molecule has 1 aliphatic heterocycles. The number of unbranched alkanes of at least 4 members (excludes halogenated alkanes) is 35. The molecule has 6 atom stereocenters. The Hall–Kier alpha value is -2.31. The van der Waals surface area contributed by atoms with E-state index < -0.39 is 54.7 Å². The Labute approximate surface area is 421 Å². The maximum absolute atomic E-state index is 12.9. The number of hydrogen-bond donors (Lipinski definition) is 4.